The number of rotatable bonds is 4. The number of hydrogen-bond donors (Lipinski definition) is 2. The van der Waals surface area contributed by atoms with Gasteiger partial charge < -0.3 is 15.5 Å². The summed E-state index contributed by atoms with van der Waals surface area (Å²) in [6.45, 7) is 2.27. The van der Waals surface area contributed by atoms with Gasteiger partial charge in [0, 0.05) is 50.2 Å². The highest BCUT2D eigenvalue weighted by molar-refractivity contribution is 14.0. The summed E-state index contributed by atoms with van der Waals surface area (Å²) in [5, 5.41) is 8.02. The summed E-state index contributed by atoms with van der Waals surface area (Å²) >= 11 is 0. The lowest BCUT2D eigenvalue weighted by Gasteiger charge is -2.21. The highest BCUT2D eigenvalue weighted by Gasteiger charge is 2.32. The van der Waals surface area contributed by atoms with E-state index < -0.39 is 0 Å². The van der Waals surface area contributed by atoms with E-state index in [1.165, 1.54) is 12.8 Å². The number of benzene rings is 1. The topological polar surface area (TPSA) is 69.6 Å². The van der Waals surface area contributed by atoms with E-state index >= 15 is 0 Å². The van der Waals surface area contributed by atoms with Crippen LogP contribution in [-0.2, 0) is 11.3 Å². The van der Waals surface area contributed by atoms with Crippen molar-refractivity contribution in [3.63, 3.8) is 0 Å². The number of aliphatic imine (C=N–C) groups is 1. The molecule has 2 N–H and O–H groups in total. The molecule has 0 bridgehead atoms. The lowest BCUT2D eigenvalue weighted by atomic mass is 10.1. The predicted octanol–water partition coefficient (Wildman–Crippen LogP) is 3.31. The number of nitrogens with one attached hydrogen (secondary N) is 2. The number of amides is 1. The normalized spacial score (nSPS) is 20.0. The summed E-state index contributed by atoms with van der Waals surface area (Å²) < 4.78 is 0. The fraction of sp³-hybridized carbons (Fsp3) is 0.500. The summed E-state index contributed by atoms with van der Waals surface area (Å²) in [6, 6.07) is 10.5. The molecule has 1 amide bonds. The van der Waals surface area contributed by atoms with Gasteiger partial charge in [0.2, 0.25) is 5.91 Å². The van der Waals surface area contributed by atoms with Crippen molar-refractivity contribution in [2.75, 3.05) is 20.1 Å². The van der Waals surface area contributed by atoms with Crippen molar-refractivity contribution in [2.24, 2.45) is 10.9 Å². The number of aromatic nitrogens is 1. The lowest BCUT2D eigenvalue weighted by Crippen LogP contribution is -2.45. The van der Waals surface area contributed by atoms with E-state index in [2.05, 4.69) is 44.9 Å². The van der Waals surface area contributed by atoms with E-state index in [1.807, 2.05) is 17.2 Å². The van der Waals surface area contributed by atoms with Crippen LogP contribution in [0.4, 0.5) is 0 Å². The Morgan fingerprint density at radius 3 is 2.79 bits per heavy atom. The maximum absolute atomic E-state index is 12.6. The molecule has 1 saturated heterocycles. The second-order valence-corrected chi connectivity index (χ2v) is 7.81. The van der Waals surface area contributed by atoms with Gasteiger partial charge in [0.25, 0.3) is 0 Å². The number of pyridine rings is 1. The van der Waals surface area contributed by atoms with Gasteiger partial charge in [-0.15, -0.1) is 24.0 Å². The van der Waals surface area contributed by atoms with Gasteiger partial charge in [-0.1, -0.05) is 37.1 Å². The number of halogens is 1. The van der Waals surface area contributed by atoms with Crippen LogP contribution in [0.15, 0.2) is 41.5 Å². The van der Waals surface area contributed by atoms with Gasteiger partial charge in [-0.3, -0.25) is 14.8 Å². The van der Waals surface area contributed by atoms with Crippen LogP contribution in [0.25, 0.3) is 10.9 Å². The van der Waals surface area contributed by atoms with Crippen molar-refractivity contribution < 1.29 is 4.79 Å². The Hall–Kier alpha value is -1.90. The number of carbonyl (C=O) groups excluding carboxylic acids is 1. The third-order valence-corrected chi connectivity index (χ3v) is 5.93. The number of fused-ring (bicyclic) bond motifs is 1. The summed E-state index contributed by atoms with van der Waals surface area (Å²) in [7, 11) is 1.78. The molecule has 0 radical (unpaired) electrons. The van der Waals surface area contributed by atoms with E-state index in [9.17, 15) is 4.79 Å². The Bertz CT molecular complexity index is 860. The zero-order chi connectivity index (χ0) is 19.3. The monoisotopic (exact) mass is 507 g/mol. The Morgan fingerprint density at radius 2 is 2.00 bits per heavy atom. The van der Waals surface area contributed by atoms with E-state index in [-0.39, 0.29) is 35.9 Å². The lowest BCUT2D eigenvalue weighted by molar-refractivity contribution is -0.134. The Balaban J connectivity index is 0.00000240. The minimum absolute atomic E-state index is 0. The molecule has 0 spiro atoms. The summed E-state index contributed by atoms with van der Waals surface area (Å²) in [5.41, 5.74) is 2.16. The average Bonchev–Trinajstić information content (AvgIpc) is 3.43. The van der Waals surface area contributed by atoms with Crippen molar-refractivity contribution in [3.8, 4) is 0 Å². The molecule has 29 heavy (non-hydrogen) atoms. The fourth-order valence-corrected chi connectivity index (χ4v) is 4.39. The molecule has 4 rings (SSSR count). The minimum Gasteiger partial charge on any atom is -0.352 e. The molecule has 6 nitrogen and oxygen atoms in total. The second kappa shape index (κ2) is 10.2. The van der Waals surface area contributed by atoms with Crippen LogP contribution in [0, 0.1) is 5.92 Å². The largest absolute Gasteiger partial charge is 0.352 e. The average molecular weight is 507 g/mol. The SMILES string of the molecule is CN=C(NCc1cccc2cccnc12)NC1CCN(C(=O)C2CCCC2)C1.I. The van der Waals surface area contributed by atoms with Crippen LogP contribution in [0.3, 0.4) is 0 Å². The first-order valence-electron chi connectivity index (χ1n) is 10.3. The van der Waals surface area contributed by atoms with Crippen molar-refractivity contribution in [3.05, 3.63) is 42.1 Å². The maximum atomic E-state index is 12.6. The molecule has 1 aliphatic heterocycles. The molecule has 1 aromatic heterocycles. The molecule has 2 fully saturated rings. The second-order valence-electron chi connectivity index (χ2n) is 7.81. The van der Waals surface area contributed by atoms with Gasteiger partial charge in [0.05, 0.1) is 5.52 Å². The van der Waals surface area contributed by atoms with Gasteiger partial charge in [0.1, 0.15) is 0 Å². The first-order valence-corrected chi connectivity index (χ1v) is 10.3. The number of para-hydroxylation sites is 1. The molecule has 2 heterocycles. The summed E-state index contributed by atoms with van der Waals surface area (Å²) in [5.74, 6) is 1.38. The first kappa shape index (κ1) is 21.8. The van der Waals surface area contributed by atoms with Crippen molar-refractivity contribution in [2.45, 2.75) is 44.7 Å². The van der Waals surface area contributed by atoms with Gasteiger partial charge in [-0.2, -0.15) is 0 Å². The maximum Gasteiger partial charge on any atom is 0.225 e. The molecular formula is C22H30IN5O. The third-order valence-electron chi connectivity index (χ3n) is 5.93. The minimum atomic E-state index is 0. The molecular weight excluding hydrogens is 477 g/mol. The zero-order valence-corrected chi connectivity index (χ0v) is 19.3. The molecule has 1 aromatic carbocycles. The molecule has 156 valence electrons. The highest BCUT2D eigenvalue weighted by atomic mass is 127. The van der Waals surface area contributed by atoms with Crippen molar-refractivity contribution in [1.29, 1.82) is 0 Å². The highest BCUT2D eigenvalue weighted by Crippen LogP contribution is 2.27. The van der Waals surface area contributed by atoms with E-state index in [0.29, 0.717) is 12.5 Å². The van der Waals surface area contributed by atoms with Gasteiger partial charge in [-0.25, -0.2) is 0 Å². The molecule has 7 heteroatoms. The third kappa shape index (κ3) is 5.18. The van der Waals surface area contributed by atoms with Crippen molar-refractivity contribution >= 4 is 46.7 Å². The van der Waals surface area contributed by atoms with Gasteiger partial charge in [-0.05, 0) is 30.9 Å². The van der Waals surface area contributed by atoms with Crippen LogP contribution in [-0.4, -0.2) is 47.9 Å². The molecule has 1 aliphatic carbocycles. The van der Waals surface area contributed by atoms with Gasteiger partial charge >= 0.3 is 0 Å². The molecule has 2 aromatic rings. The molecule has 1 unspecified atom stereocenters. The number of guanidine groups is 1. The first-order chi connectivity index (χ1) is 13.7. The molecule has 1 atom stereocenters. The van der Waals surface area contributed by atoms with Gasteiger partial charge in [0.15, 0.2) is 5.96 Å². The number of nitrogens with zero attached hydrogens (tertiary/aromatic N) is 3. The predicted molar refractivity (Wildman–Crippen MR) is 127 cm³/mol. The zero-order valence-electron chi connectivity index (χ0n) is 16.9. The molecule has 1 saturated carbocycles. The number of hydrogen-bond acceptors (Lipinski definition) is 3. The Morgan fingerprint density at radius 1 is 1.21 bits per heavy atom. The number of likely N-dealkylation sites (tertiary alicyclic amines) is 1. The smallest absolute Gasteiger partial charge is 0.225 e. The van der Waals surface area contributed by atoms with Crippen LogP contribution < -0.4 is 10.6 Å². The summed E-state index contributed by atoms with van der Waals surface area (Å²) in [4.78, 5) is 23.5. The van der Waals surface area contributed by atoms with E-state index in [0.717, 1.165) is 54.8 Å². The van der Waals surface area contributed by atoms with E-state index in [4.69, 9.17) is 0 Å². The van der Waals surface area contributed by atoms with Crippen LogP contribution in [0.1, 0.15) is 37.7 Å². The number of carbonyl (C=O) groups is 1. The van der Waals surface area contributed by atoms with Crippen molar-refractivity contribution in [1.82, 2.24) is 20.5 Å². The fourth-order valence-electron chi connectivity index (χ4n) is 4.39. The summed E-state index contributed by atoms with van der Waals surface area (Å²) in [6.07, 6.45) is 7.32. The standard InChI is InChI=1S/C22H29N5O.HI/c1-23-22(25-14-18-9-4-8-16-10-5-12-24-20(16)18)26-19-11-13-27(15-19)21(28)17-6-2-3-7-17;/h4-5,8-10,12,17,19H,2-3,6-7,11,13-15H2,1H3,(H2,23,25,26);1H. The van der Waals surface area contributed by atoms with Crippen LogP contribution in [0.2, 0.25) is 0 Å². The van der Waals surface area contributed by atoms with E-state index in [1.54, 1.807) is 7.05 Å². The van der Waals surface area contributed by atoms with Crippen LogP contribution >= 0.6 is 24.0 Å². The quantitative estimate of drug-likeness (QED) is 0.379. The Labute approximate surface area is 189 Å². The molecule has 2 aliphatic rings. The van der Waals surface area contributed by atoms with Crippen LogP contribution in [0.5, 0.6) is 0 Å². The Kier molecular flexibility index (Phi) is 7.69.